The number of imide groups is 1. The number of hydrogen-bond acceptors (Lipinski definition) is 10. The summed E-state index contributed by atoms with van der Waals surface area (Å²) in [6.45, 7) is 23.3. The van der Waals surface area contributed by atoms with Gasteiger partial charge in [-0.3, -0.25) is 15.1 Å². The lowest BCUT2D eigenvalue weighted by Crippen LogP contribution is -2.48. The van der Waals surface area contributed by atoms with Gasteiger partial charge in [-0.05, 0) is 87.5 Å². The minimum absolute atomic E-state index is 0.0450. The van der Waals surface area contributed by atoms with Gasteiger partial charge in [-0.1, -0.05) is 45.3 Å². The van der Waals surface area contributed by atoms with Gasteiger partial charge in [0.05, 0.1) is 22.1 Å². The van der Waals surface area contributed by atoms with E-state index in [1.807, 2.05) is 36.3 Å². The summed E-state index contributed by atoms with van der Waals surface area (Å²) in [5.74, 6) is 0.381. The Morgan fingerprint density at radius 2 is 1.59 bits per heavy atom. The standard InChI is InChI=1S/C39H59BrN8O6Si2/c1-38(2,3)54-37(51)47-27-12-13-28(47)20-26(19-27)32-31(40)34(46(23-52-15-17-55(5,6)7)24-53-16-18-56(8,9)10)48-33(43-32)29(22-42-48)25-11-14-30(41-21-25)39(4)35(49)44-36(50)45-39/h11,14,21-22,26-28H,12-13,15-20,23-24H2,1-10H3,(H2,44,45,49,50)/t26?,27-,28+,39?. The normalized spacial score (nSPS) is 22.8. The molecule has 3 aliphatic heterocycles. The number of nitrogens with one attached hydrogen (secondary N) is 2. The highest BCUT2D eigenvalue weighted by molar-refractivity contribution is 9.10. The Bertz CT molecular complexity index is 1910. The summed E-state index contributed by atoms with van der Waals surface area (Å²) in [6, 6.07) is 5.24. The third kappa shape index (κ3) is 9.48. The number of anilines is 1. The van der Waals surface area contributed by atoms with Crippen molar-refractivity contribution in [2.45, 2.75) is 134 Å². The minimum Gasteiger partial charge on any atom is -0.444 e. The third-order valence-corrected chi connectivity index (χ3v) is 14.9. The van der Waals surface area contributed by atoms with Crippen LogP contribution in [0.15, 0.2) is 29.0 Å². The fourth-order valence-corrected chi connectivity index (χ4v) is 9.92. The Hall–Kier alpha value is -3.39. The second kappa shape index (κ2) is 16.1. The smallest absolute Gasteiger partial charge is 0.410 e. The minimum atomic E-state index is -1.33. The maximum Gasteiger partial charge on any atom is 0.410 e. The molecule has 2 bridgehead atoms. The molecule has 0 aromatic carbocycles. The monoisotopic (exact) mass is 870 g/mol. The quantitative estimate of drug-likeness (QED) is 0.0714. The van der Waals surface area contributed by atoms with Crippen LogP contribution in [0.5, 0.6) is 0 Å². The molecular weight excluding hydrogens is 813 g/mol. The van der Waals surface area contributed by atoms with Gasteiger partial charge >= 0.3 is 12.1 Å². The number of hydrogen-bond donors (Lipinski definition) is 2. The number of ether oxygens (including phenoxy) is 3. The van der Waals surface area contributed by atoms with Crippen molar-refractivity contribution in [2.24, 2.45) is 0 Å². The number of amides is 4. The highest BCUT2D eigenvalue weighted by Gasteiger charge is 2.47. The molecule has 14 nitrogen and oxygen atoms in total. The Labute approximate surface area is 341 Å². The van der Waals surface area contributed by atoms with Crippen LogP contribution >= 0.6 is 15.9 Å². The van der Waals surface area contributed by atoms with Crippen LogP contribution in [0.3, 0.4) is 0 Å². The van der Waals surface area contributed by atoms with Crippen LogP contribution in [0.25, 0.3) is 16.8 Å². The van der Waals surface area contributed by atoms with E-state index < -0.39 is 39.2 Å². The number of piperidine rings is 1. The van der Waals surface area contributed by atoms with Crippen LogP contribution in [0.4, 0.5) is 15.4 Å². The summed E-state index contributed by atoms with van der Waals surface area (Å²) in [5.41, 5.74) is 1.62. The molecule has 4 atom stereocenters. The van der Waals surface area contributed by atoms with E-state index in [0.29, 0.717) is 38.0 Å². The summed E-state index contributed by atoms with van der Waals surface area (Å²) in [4.78, 5) is 52.1. The van der Waals surface area contributed by atoms with E-state index in [9.17, 15) is 14.4 Å². The summed E-state index contributed by atoms with van der Waals surface area (Å²) < 4.78 is 21.3. The molecule has 3 aromatic rings. The predicted molar refractivity (Wildman–Crippen MR) is 225 cm³/mol. The van der Waals surface area contributed by atoms with E-state index in [2.05, 4.69) is 75.7 Å². The van der Waals surface area contributed by atoms with Gasteiger partial charge in [0, 0.05) is 64.7 Å². The fraction of sp³-hybridized carbons (Fsp3) is 0.641. The van der Waals surface area contributed by atoms with Crippen LogP contribution in [0, 0.1) is 0 Å². The average Bonchev–Trinajstić information content (AvgIpc) is 3.72. The summed E-state index contributed by atoms with van der Waals surface area (Å²) in [7, 11) is -2.67. The molecule has 3 aromatic heterocycles. The molecule has 17 heteroatoms. The molecule has 4 amide bonds. The first-order valence-electron chi connectivity index (χ1n) is 19.7. The topological polar surface area (TPSA) is 153 Å². The van der Waals surface area contributed by atoms with Gasteiger partial charge < -0.3 is 29.3 Å². The van der Waals surface area contributed by atoms with Crippen molar-refractivity contribution >= 4 is 61.6 Å². The van der Waals surface area contributed by atoms with Gasteiger partial charge in [0.25, 0.3) is 5.91 Å². The molecule has 0 aliphatic carbocycles. The zero-order valence-corrected chi connectivity index (χ0v) is 38.2. The number of carbonyl (C=O) groups excluding carboxylic acids is 3. The number of fused-ring (bicyclic) bond motifs is 3. The number of nitrogens with zero attached hydrogens (tertiary/aromatic N) is 6. The molecule has 6 heterocycles. The van der Waals surface area contributed by atoms with E-state index in [4.69, 9.17) is 24.3 Å². The molecule has 2 N–H and O–H groups in total. The van der Waals surface area contributed by atoms with Crippen molar-refractivity contribution in [1.29, 1.82) is 0 Å². The second-order valence-corrected chi connectivity index (χ2v) is 31.1. The molecule has 306 valence electrons. The number of pyridine rings is 1. The summed E-state index contributed by atoms with van der Waals surface area (Å²) in [5, 5.41) is 9.90. The molecule has 0 saturated carbocycles. The molecule has 3 aliphatic rings. The van der Waals surface area contributed by atoms with Crippen LogP contribution in [0.2, 0.25) is 51.4 Å². The largest absolute Gasteiger partial charge is 0.444 e. The zero-order valence-electron chi connectivity index (χ0n) is 34.6. The van der Waals surface area contributed by atoms with Gasteiger partial charge in [0.15, 0.2) is 17.0 Å². The maximum absolute atomic E-state index is 13.4. The Balaban J connectivity index is 1.40. The molecule has 0 spiro atoms. The van der Waals surface area contributed by atoms with E-state index in [-0.39, 0.29) is 24.1 Å². The first kappa shape index (κ1) is 42.2. The van der Waals surface area contributed by atoms with Crippen LogP contribution < -0.4 is 15.5 Å². The first-order valence-corrected chi connectivity index (χ1v) is 27.9. The van der Waals surface area contributed by atoms with Crippen LogP contribution in [-0.2, 0) is 24.5 Å². The van der Waals surface area contributed by atoms with Crippen LogP contribution in [0.1, 0.15) is 70.7 Å². The zero-order chi connectivity index (χ0) is 40.8. The molecule has 2 unspecified atom stereocenters. The summed E-state index contributed by atoms with van der Waals surface area (Å²) in [6.07, 6.45) is 6.57. The highest BCUT2D eigenvalue weighted by Crippen LogP contribution is 2.47. The Kier molecular flexibility index (Phi) is 12.1. The lowest BCUT2D eigenvalue weighted by molar-refractivity contribution is -0.123. The maximum atomic E-state index is 13.4. The Morgan fingerprint density at radius 3 is 2.09 bits per heavy atom. The van der Waals surface area contributed by atoms with Gasteiger partial charge in [-0.2, -0.15) is 9.61 Å². The second-order valence-electron chi connectivity index (χ2n) is 19.1. The number of aromatic nitrogens is 4. The van der Waals surface area contributed by atoms with E-state index in [1.54, 1.807) is 25.4 Å². The van der Waals surface area contributed by atoms with Crippen molar-refractivity contribution < 1.29 is 28.6 Å². The number of halogens is 1. The van der Waals surface area contributed by atoms with Gasteiger partial charge in [0.2, 0.25) is 0 Å². The molecule has 56 heavy (non-hydrogen) atoms. The van der Waals surface area contributed by atoms with E-state index >= 15 is 0 Å². The first-order chi connectivity index (χ1) is 26.1. The average molecular weight is 872 g/mol. The third-order valence-electron chi connectivity index (χ3n) is 10.7. The lowest BCUT2D eigenvalue weighted by Gasteiger charge is -2.39. The van der Waals surface area contributed by atoms with Crippen molar-refractivity contribution in [2.75, 3.05) is 31.6 Å². The Morgan fingerprint density at radius 1 is 0.982 bits per heavy atom. The predicted octanol–water partition coefficient (Wildman–Crippen LogP) is 7.68. The van der Waals surface area contributed by atoms with Crippen molar-refractivity contribution in [1.82, 2.24) is 35.1 Å². The molecule has 3 fully saturated rings. The SMILES string of the molecule is CC(C)(C)OC(=O)N1[C@@H]2CC[C@H]1CC(c1nc3c(-c4ccc(C5(C)NC(=O)NC5=O)nc4)cnn3c(N(COCC[Si](C)(C)C)COCC[Si](C)(C)C)c1Br)C2. The molecule has 3 saturated heterocycles. The van der Waals surface area contributed by atoms with Crippen LogP contribution in [-0.4, -0.2) is 103 Å². The number of urea groups is 1. The highest BCUT2D eigenvalue weighted by atomic mass is 79.9. The number of carbonyl (C=O) groups is 3. The molecular formula is C39H59BrN8O6Si2. The fourth-order valence-electron chi connectivity index (χ4n) is 7.57. The van der Waals surface area contributed by atoms with Gasteiger partial charge in [-0.15, -0.1) is 0 Å². The van der Waals surface area contributed by atoms with Crippen molar-refractivity contribution in [3.63, 3.8) is 0 Å². The number of rotatable bonds is 14. The van der Waals surface area contributed by atoms with Gasteiger partial charge in [0.1, 0.15) is 19.1 Å². The molecule has 6 rings (SSSR count). The van der Waals surface area contributed by atoms with Crippen molar-refractivity contribution in [3.05, 3.63) is 40.4 Å². The lowest BCUT2D eigenvalue weighted by atomic mass is 9.88. The van der Waals surface area contributed by atoms with Gasteiger partial charge in [-0.25, -0.2) is 14.6 Å². The van der Waals surface area contributed by atoms with E-state index in [1.165, 1.54) is 0 Å². The van der Waals surface area contributed by atoms with Crippen molar-refractivity contribution in [3.8, 4) is 11.1 Å². The molecule has 0 radical (unpaired) electrons. The summed E-state index contributed by atoms with van der Waals surface area (Å²) >= 11 is 4.04. The van der Waals surface area contributed by atoms with E-state index in [0.717, 1.165) is 64.9 Å².